The summed E-state index contributed by atoms with van der Waals surface area (Å²) >= 11 is 0. The highest BCUT2D eigenvalue weighted by atomic mass is 16.4. The number of fused-ring (bicyclic) bond motifs is 2. The van der Waals surface area contributed by atoms with Crippen LogP contribution in [0.5, 0.6) is 0 Å². The van der Waals surface area contributed by atoms with Gasteiger partial charge in [0, 0.05) is 94.6 Å². The van der Waals surface area contributed by atoms with Crippen molar-refractivity contribution in [2.75, 3.05) is 33.7 Å². The lowest BCUT2D eigenvalue weighted by Gasteiger charge is -2.43. The Morgan fingerprint density at radius 3 is 1.52 bits per heavy atom. The van der Waals surface area contributed by atoms with Gasteiger partial charge in [0.1, 0.15) is 23.5 Å². The molecule has 0 aromatic carbocycles. The number of pyridine rings is 2. The molecule has 3 amide bonds. The topological polar surface area (TPSA) is 217 Å². The lowest BCUT2D eigenvalue weighted by atomic mass is 10.0. The third-order valence-corrected chi connectivity index (χ3v) is 11.9. The van der Waals surface area contributed by atoms with Gasteiger partial charge in [-0.3, -0.25) is 29.1 Å². The minimum Gasteiger partial charge on any atom is -0.481 e. The van der Waals surface area contributed by atoms with Crippen LogP contribution in [0.25, 0.3) is 22.8 Å². The second-order valence-corrected chi connectivity index (χ2v) is 15.8. The Labute approximate surface area is 357 Å². The van der Waals surface area contributed by atoms with Crippen LogP contribution in [0.15, 0.2) is 49.3 Å². The van der Waals surface area contributed by atoms with Crippen molar-refractivity contribution in [2.24, 2.45) is 5.73 Å². The maximum atomic E-state index is 13.0. The van der Waals surface area contributed by atoms with E-state index in [4.69, 9.17) is 25.6 Å². The zero-order chi connectivity index (χ0) is 43.8. The van der Waals surface area contributed by atoms with E-state index in [2.05, 4.69) is 48.9 Å². The molecule has 0 saturated heterocycles. The van der Waals surface area contributed by atoms with E-state index in [1.54, 1.807) is 54.0 Å². The van der Waals surface area contributed by atoms with Gasteiger partial charge in [0.25, 0.3) is 5.97 Å². The van der Waals surface area contributed by atoms with E-state index in [1.165, 1.54) is 32.6 Å². The lowest BCUT2D eigenvalue weighted by molar-refractivity contribution is -0.134. The zero-order valence-corrected chi connectivity index (χ0v) is 36.0. The van der Waals surface area contributed by atoms with Crippen molar-refractivity contribution in [1.29, 1.82) is 0 Å². The molecule has 2 aliphatic carbocycles. The van der Waals surface area contributed by atoms with Crippen LogP contribution in [-0.4, -0.2) is 97.0 Å². The Bertz CT molecular complexity index is 2210. The number of nitrogens with two attached hydrogens (primary N) is 1. The first-order chi connectivity index (χ1) is 29.4. The number of nitrogens with zero attached hydrogens (tertiary/aromatic N) is 10. The number of aliphatic carboxylic acids is 1. The number of aromatic nitrogens is 6. The average Bonchev–Trinajstić information content (AvgIpc) is 4.01. The molecular weight excluding hydrogens is 777 g/mol. The predicted molar refractivity (Wildman–Crippen MR) is 234 cm³/mol. The summed E-state index contributed by atoms with van der Waals surface area (Å²) in [6.07, 6.45) is 21.1. The summed E-state index contributed by atoms with van der Waals surface area (Å²) in [5.74, 6) is 2.19. The highest BCUT2D eigenvalue weighted by molar-refractivity contribution is 6.05. The number of carbonyl (C=O) groups is 4. The number of amides is 3. The van der Waals surface area contributed by atoms with Crippen LogP contribution in [0.3, 0.4) is 0 Å². The van der Waals surface area contributed by atoms with Gasteiger partial charge in [0.15, 0.2) is 23.3 Å². The Morgan fingerprint density at radius 1 is 0.721 bits per heavy atom. The molecule has 4 aromatic heterocycles. The molecule has 324 valence electrons. The van der Waals surface area contributed by atoms with Crippen LogP contribution in [0, 0.1) is 0 Å². The fraction of sp³-hybridized carbons (Fsp3) is 0.500. The number of nitrogens with one attached hydrogen (secondary N) is 1. The number of hydrogen-bond acceptors (Lipinski definition) is 13. The molecule has 2 fully saturated rings. The van der Waals surface area contributed by atoms with E-state index < -0.39 is 5.97 Å². The number of carboxylic acids is 1. The van der Waals surface area contributed by atoms with Gasteiger partial charge in [-0.05, 0) is 56.2 Å². The first-order valence-electron chi connectivity index (χ1n) is 21.3. The lowest BCUT2D eigenvalue weighted by Crippen LogP contribution is -2.55. The summed E-state index contributed by atoms with van der Waals surface area (Å²) in [7, 11) is 3.62. The number of carboxylic acid groups (broad SMARTS) is 1. The quantitative estimate of drug-likeness (QED) is 0.196. The molecule has 0 unspecified atom stereocenters. The predicted octanol–water partition coefficient (Wildman–Crippen LogP) is 5.27. The first kappa shape index (κ1) is 44.5. The Kier molecular flexibility index (Phi) is 14.6. The highest BCUT2D eigenvalue weighted by Gasteiger charge is 2.42. The fourth-order valence-corrected chi connectivity index (χ4v) is 8.84. The van der Waals surface area contributed by atoms with Crippen molar-refractivity contribution in [1.82, 2.24) is 35.2 Å². The minimum absolute atomic E-state index is 0.100. The van der Waals surface area contributed by atoms with Crippen LogP contribution in [0.1, 0.15) is 103 Å². The molecule has 0 radical (unpaired) electrons. The summed E-state index contributed by atoms with van der Waals surface area (Å²) in [6.45, 7) is 7.44. The summed E-state index contributed by atoms with van der Waals surface area (Å²) < 4.78 is 0. The molecule has 17 nitrogen and oxygen atoms in total. The van der Waals surface area contributed by atoms with Crippen molar-refractivity contribution in [2.45, 2.75) is 129 Å². The molecule has 0 spiro atoms. The molecule has 4 aromatic rings. The van der Waals surface area contributed by atoms with Gasteiger partial charge >= 0.3 is 0 Å². The van der Waals surface area contributed by atoms with E-state index in [0.717, 1.165) is 90.7 Å². The molecule has 0 bridgehead atoms. The molecule has 6 heterocycles. The van der Waals surface area contributed by atoms with Crippen molar-refractivity contribution < 1.29 is 24.3 Å². The summed E-state index contributed by atoms with van der Waals surface area (Å²) in [6, 6.07) is 4.09. The molecule has 2 saturated carbocycles. The summed E-state index contributed by atoms with van der Waals surface area (Å²) in [5.41, 5.74) is 10.9. The number of likely N-dealkylation sites (N-methyl/N-ethyl adjacent to an activating group) is 2. The molecule has 4 aliphatic rings. The zero-order valence-electron chi connectivity index (χ0n) is 36.0. The molecule has 2 atom stereocenters. The van der Waals surface area contributed by atoms with Crippen LogP contribution in [0.4, 0.5) is 23.0 Å². The maximum absolute atomic E-state index is 13.0. The van der Waals surface area contributed by atoms with E-state index in [9.17, 15) is 14.4 Å². The van der Waals surface area contributed by atoms with E-state index >= 15 is 0 Å². The van der Waals surface area contributed by atoms with Crippen molar-refractivity contribution in [3.05, 3.63) is 60.4 Å². The fourth-order valence-electron chi connectivity index (χ4n) is 8.84. The Morgan fingerprint density at radius 2 is 1.13 bits per heavy atom. The largest absolute Gasteiger partial charge is 0.481 e. The van der Waals surface area contributed by atoms with Gasteiger partial charge in [-0.15, -0.1) is 0 Å². The van der Waals surface area contributed by atoms with Crippen molar-refractivity contribution >= 4 is 46.7 Å². The second-order valence-electron chi connectivity index (χ2n) is 15.8. The smallest absolute Gasteiger partial charge is 0.300 e. The third-order valence-electron chi connectivity index (χ3n) is 11.9. The van der Waals surface area contributed by atoms with Gasteiger partial charge in [-0.2, -0.15) is 0 Å². The van der Waals surface area contributed by atoms with Crippen LogP contribution in [-0.2, 0) is 32.3 Å². The van der Waals surface area contributed by atoms with Crippen LogP contribution in [0.2, 0.25) is 0 Å². The molecule has 8 rings (SSSR count). The molecule has 17 heteroatoms. The number of carbonyl (C=O) groups excluding carboxylic acids is 3. The average molecular weight is 835 g/mol. The monoisotopic (exact) mass is 834 g/mol. The third kappa shape index (κ3) is 9.61. The molecule has 2 aliphatic heterocycles. The number of anilines is 4. The van der Waals surface area contributed by atoms with Crippen molar-refractivity contribution in [3.63, 3.8) is 0 Å². The van der Waals surface area contributed by atoms with Gasteiger partial charge in [0.05, 0.1) is 12.4 Å². The number of rotatable bonds is 9. The second kappa shape index (κ2) is 20.0. The maximum Gasteiger partial charge on any atom is 0.300 e. The summed E-state index contributed by atoms with van der Waals surface area (Å²) in [4.78, 5) is 81.6. The number of hydrogen-bond donors (Lipinski definition) is 3. The minimum atomic E-state index is -0.833. The van der Waals surface area contributed by atoms with Crippen LogP contribution < -0.4 is 30.7 Å². The molecule has 61 heavy (non-hydrogen) atoms. The highest BCUT2D eigenvalue weighted by Crippen LogP contribution is 2.42. The molecular formula is C44H58N12O5. The Balaban J connectivity index is 0.000000189. The van der Waals surface area contributed by atoms with Gasteiger partial charge in [-0.25, -0.2) is 19.9 Å². The first-order valence-corrected chi connectivity index (χ1v) is 21.3. The van der Waals surface area contributed by atoms with Gasteiger partial charge in [0.2, 0.25) is 17.7 Å². The van der Waals surface area contributed by atoms with Gasteiger partial charge in [-0.1, -0.05) is 39.5 Å². The van der Waals surface area contributed by atoms with E-state index in [0.29, 0.717) is 36.8 Å². The standard InChI is InChI=1S/C22H28N6O2.C20H26N6O.C2H4O2/c1-4-18-22(30)27(3)19-13-25-20(26-21(19)28(18)16-7-5-6-8-16)17-9-10-23-11-15(17)12-24-14(2)29;1-3-16-20(27)25(2)17-12-23-18(15-8-9-22-11-13(15)10-21)24-19(17)26(16)14-6-4-5-7-14;1-2(3)4/h9-11,13,16,18H,4-8,12H2,1-3H3,(H,24,29);8-9,11-12,14,16H,3-7,10,21H2,1-2H3;1H3,(H,3,4)/t18-;16-;/m11./s1. The Hall–Kier alpha value is -6.10. The van der Waals surface area contributed by atoms with Crippen molar-refractivity contribution in [3.8, 4) is 22.8 Å². The molecule has 4 N–H and O–H groups in total. The summed E-state index contributed by atoms with van der Waals surface area (Å²) in [5, 5.41) is 10.2. The SMILES string of the molecule is CC(=O)O.CC[C@@H]1C(=O)N(C)c2cnc(-c3ccncc3CN)nc2N1C1CCCC1.CC[C@@H]1C(=O)N(C)c2cnc(-c3ccncc3CNC(C)=O)nc2N1C1CCCC1. The normalized spacial score (nSPS) is 18.8. The van der Waals surface area contributed by atoms with Crippen LogP contribution >= 0.6 is 0 Å². The van der Waals surface area contributed by atoms with E-state index in [-0.39, 0.29) is 29.8 Å². The van der Waals surface area contributed by atoms with E-state index in [1.807, 2.05) is 19.2 Å². The van der Waals surface area contributed by atoms with Gasteiger partial charge < -0.3 is 35.8 Å².